The maximum absolute atomic E-state index is 13.1. The standard InChI is InChI=1S/C15H11BrF2N2O/c16-20-15(21)13-11(14(17)18)7-4-8-12(13)19(20)9-10-5-2-1-3-6-10/h1-8,14H,9H2. The summed E-state index contributed by atoms with van der Waals surface area (Å²) in [6.07, 6.45) is -2.68. The molecule has 0 saturated heterocycles. The van der Waals surface area contributed by atoms with E-state index in [-0.39, 0.29) is 10.9 Å². The molecule has 3 rings (SSSR count). The predicted octanol–water partition coefficient (Wildman–Crippen LogP) is 3.95. The van der Waals surface area contributed by atoms with Crippen LogP contribution in [0.15, 0.2) is 53.3 Å². The van der Waals surface area contributed by atoms with Crippen molar-refractivity contribution in [3.8, 4) is 0 Å². The van der Waals surface area contributed by atoms with Crippen molar-refractivity contribution in [2.24, 2.45) is 0 Å². The topological polar surface area (TPSA) is 26.9 Å². The number of alkyl halides is 2. The third-order valence-electron chi connectivity index (χ3n) is 3.36. The molecule has 0 bridgehead atoms. The molecule has 0 atom stereocenters. The van der Waals surface area contributed by atoms with Gasteiger partial charge in [0.05, 0.1) is 33.6 Å². The number of rotatable bonds is 3. The molecule has 6 heteroatoms. The zero-order valence-electron chi connectivity index (χ0n) is 10.8. The Hall–Kier alpha value is -1.95. The smallest absolute Gasteiger partial charge is 0.267 e. The van der Waals surface area contributed by atoms with E-state index in [9.17, 15) is 13.6 Å². The van der Waals surface area contributed by atoms with Crippen LogP contribution < -0.4 is 5.56 Å². The van der Waals surface area contributed by atoms with Gasteiger partial charge in [0.15, 0.2) is 0 Å². The second-order valence-electron chi connectivity index (χ2n) is 4.65. The van der Waals surface area contributed by atoms with Crippen LogP contribution in [0.3, 0.4) is 0 Å². The van der Waals surface area contributed by atoms with E-state index in [1.165, 1.54) is 15.8 Å². The molecule has 0 radical (unpaired) electrons. The van der Waals surface area contributed by atoms with E-state index in [1.807, 2.05) is 30.3 Å². The van der Waals surface area contributed by atoms with Gasteiger partial charge in [-0.05, 0) is 11.6 Å². The third-order valence-corrected chi connectivity index (χ3v) is 4.06. The zero-order chi connectivity index (χ0) is 15.0. The monoisotopic (exact) mass is 352 g/mol. The summed E-state index contributed by atoms with van der Waals surface area (Å²) >= 11 is 3.16. The lowest BCUT2D eigenvalue weighted by Gasteiger charge is -2.08. The van der Waals surface area contributed by atoms with Crippen LogP contribution >= 0.6 is 16.1 Å². The van der Waals surface area contributed by atoms with E-state index in [2.05, 4.69) is 16.1 Å². The van der Waals surface area contributed by atoms with E-state index < -0.39 is 12.0 Å². The molecule has 0 saturated carbocycles. The largest absolute Gasteiger partial charge is 0.285 e. The summed E-state index contributed by atoms with van der Waals surface area (Å²) in [6, 6.07) is 14.0. The highest BCUT2D eigenvalue weighted by Crippen LogP contribution is 2.26. The fourth-order valence-electron chi connectivity index (χ4n) is 2.39. The van der Waals surface area contributed by atoms with Gasteiger partial charge in [-0.15, -0.1) is 0 Å². The average molecular weight is 353 g/mol. The summed E-state index contributed by atoms with van der Waals surface area (Å²) in [6.45, 7) is 0.414. The van der Waals surface area contributed by atoms with Gasteiger partial charge in [-0.2, -0.15) is 3.71 Å². The Morgan fingerprint density at radius 3 is 2.43 bits per heavy atom. The highest BCUT2D eigenvalue weighted by molar-refractivity contribution is 9.08. The van der Waals surface area contributed by atoms with Crippen molar-refractivity contribution in [2.45, 2.75) is 13.0 Å². The maximum Gasteiger partial charge on any atom is 0.285 e. The number of hydrogen-bond donors (Lipinski definition) is 0. The molecule has 0 unspecified atom stereocenters. The number of benzene rings is 2. The van der Waals surface area contributed by atoms with Gasteiger partial charge in [-0.3, -0.25) is 9.48 Å². The molecular formula is C15H11BrF2N2O. The molecule has 3 aromatic rings. The number of fused-ring (bicyclic) bond motifs is 1. The average Bonchev–Trinajstić information content (AvgIpc) is 2.73. The molecule has 0 aliphatic rings. The minimum atomic E-state index is -2.68. The Morgan fingerprint density at radius 1 is 1.05 bits per heavy atom. The minimum absolute atomic E-state index is 0.0558. The molecular weight excluding hydrogens is 342 g/mol. The lowest BCUT2D eigenvalue weighted by molar-refractivity contribution is 0.153. The summed E-state index contributed by atoms with van der Waals surface area (Å²) < 4.78 is 29.0. The first-order valence-electron chi connectivity index (χ1n) is 6.32. The van der Waals surface area contributed by atoms with Gasteiger partial charge in [0, 0.05) is 5.56 Å². The SMILES string of the molecule is O=c1c2c(C(F)F)cccc2n(Cc2ccccc2)n1Br. The Bertz CT molecular complexity index is 840. The fourth-order valence-corrected chi connectivity index (χ4v) is 2.85. The van der Waals surface area contributed by atoms with Crippen LogP contribution in [0.1, 0.15) is 17.6 Å². The molecule has 2 aromatic carbocycles. The van der Waals surface area contributed by atoms with Crippen LogP contribution in [0.2, 0.25) is 0 Å². The molecule has 21 heavy (non-hydrogen) atoms. The second kappa shape index (κ2) is 5.44. The van der Waals surface area contributed by atoms with Gasteiger partial charge >= 0.3 is 0 Å². The molecule has 3 nitrogen and oxygen atoms in total. The van der Waals surface area contributed by atoms with E-state index >= 15 is 0 Å². The second-order valence-corrected chi connectivity index (χ2v) is 5.32. The highest BCUT2D eigenvalue weighted by Gasteiger charge is 2.19. The van der Waals surface area contributed by atoms with Crippen molar-refractivity contribution >= 4 is 27.1 Å². The molecule has 1 aromatic heterocycles. The van der Waals surface area contributed by atoms with E-state index in [4.69, 9.17) is 0 Å². The van der Waals surface area contributed by atoms with E-state index in [0.717, 1.165) is 5.56 Å². The van der Waals surface area contributed by atoms with Crippen LogP contribution in [0.25, 0.3) is 10.9 Å². The lowest BCUT2D eigenvalue weighted by atomic mass is 10.1. The minimum Gasteiger partial charge on any atom is -0.267 e. The number of halogens is 3. The third kappa shape index (κ3) is 2.40. The lowest BCUT2D eigenvalue weighted by Crippen LogP contribution is -2.15. The Morgan fingerprint density at radius 2 is 1.76 bits per heavy atom. The summed E-state index contributed by atoms with van der Waals surface area (Å²) in [5.41, 5.74) is 0.748. The molecule has 0 amide bonds. The quantitative estimate of drug-likeness (QED) is 0.701. The van der Waals surface area contributed by atoms with Crippen LogP contribution in [0.4, 0.5) is 8.78 Å². The number of nitrogens with zero attached hydrogens (tertiary/aromatic N) is 2. The normalized spacial score (nSPS) is 11.4. The summed E-state index contributed by atoms with van der Waals surface area (Å²) in [4.78, 5) is 12.2. The van der Waals surface area contributed by atoms with Crippen LogP contribution in [0.5, 0.6) is 0 Å². The fraction of sp³-hybridized carbons (Fsp3) is 0.133. The van der Waals surface area contributed by atoms with Gasteiger partial charge in [-0.1, -0.05) is 42.5 Å². The summed E-state index contributed by atoms with van der Waals surface area (Å²) in [7, 11) is 0. The Labute approximate surface area is 127 Å². The van der Waals surface area contributed by atoms with Crippen molar-refractivity contribution in [3.05, 3.63) is 70.0 Å². The molecule has 0 N–H and O–H groups in total. The highest BCUT2D eigenvalue weighted by atomic mass is 79.9. The van der Waals surface area contributed by atoms with Crippen molar-refractivity contribution in [1.82, 2.24) is 8.39 Å². The first kappa shape index (κ1) is 14.0. The van der Waals surface area contributed by atoms with Gasteiger partial charge in [0.2, 0.25) is 0 Å². The van der Waals surface area contributed by atoms with Gasteiger partial charge < -0.3 is 0 Å². The number of hydrogen-bond acceptors (Lipinski definition) is 1. The molecule has 108 valence electrons. The van der Waals surface area contributed by atoms with Gasteiger partial charge in [0.25, 0.3) is 12.0 Å². The molecule has 0 aliphatic heterocycles. The first-order valence-corrected chi connectivity index (χ1v) is 7.03. The van der Waals surface area contributed by atoms with Crippen LogP contribution in [-0.2, 0) is 6.54 Å². The molecule has 0 spiro atoms. The van der Waals surface area contributed by atoms with E-state index in [1.54, 1.807) is 10.7 Å². The van der Waals surface area contributed by atoms with Crippen molar-refractivity contribution < 1.29 is 8.78 Å². The van der Waals surface area contributed by atoms with Gasteiger partial charge in [-0.25, -0.2) is 8.78 Å². The first-order chi connectivity index (χ1) is 10.1. The Kier molecular flexibility index (Phi) is 3.63. The maximum atomic E-state index is 13.1. The van der Waals surface area contributed by atoms with Crippen molar-refractivity contribution in [1.29, 1.82) is 0 Å². The molecule has 1 heterocycles. The Balaban J connectivity index is 2.23. The molecule has 0 aliphatic carbocycles. The summed E-state index contributed by atoms with van der Waals surface area (Å²) in [5.74, 6) is 0. The zero-order valence-corrected chi connectivity index (χ0v) is 12.4. The summed E-state index contributed by atoms with van der Waals surface area (Å²) in [5, 5.41) is 0.0558. The van der Waals surface area contributed by atoms with Crippen molar-refractivity contribution in [3.63, 3.8) is 0 Å². The predicted molar refractivity (Wildman–Crippen MR) is 81.0 cm³/mol. The van der Waals surface area contributed by atoms with E-state index in [0.29, 0.717) is 12.1 Å². The van der Waals surface area contributed by atoms with Gasteiger partial charge in [0.1, 0.15) is 0 Å². The van der Waals surface area contributed by atoms with Crippen LogP contribution in [-0.4, -0.2) is 8.39 Å². The number of aromatic nitrogens is 2. The van der Waals surface area contributed by atoms with Crippen LogP contribution in [0, 0.1) is 0 Å². The van der Waals surface area contributed by atoms with Crippen molar-refractivity contribution in [2.75, 3.05) is 0 Å². The molecule has 0 fully saturated rings.